The van der Waals surface area contributed by atoms with Crippen molar-refractivity contribution in [2.24, 2.45) is 0 Å². The van der Waals surface area contributed by atoms with Gasteiger partial charge in [-0.3, -0.25) is 14.8 Å². The predicted octanol–water partition coefficient (Wildman–Crippen LogP) is 1.33. The van der Waals surface area contributed by atoms with Crippen LogP contribution in [-0.2, 0) is 4.79 Å². The van der Waals surface area contributed by atoms with Gasteiger partial charge in [-0.15, -0.1) is 0 Å². The number of hydrogen-bond acceptors (Lipinski definition) is 3. The lowest BCUT2D eigenvalue weighted by molar-refractivity contribution is -0.123. The highest BCUT2D eigenvalue weighted by Gasteiger charge is 2.39. The van der Waals surface area contributed by atoms with Crippen LogP contribution < -0.4 is 5.32 Å². The van der Waals surface area contributed by atoms with Crippen LogP contribution in [-0.4, -0.2) is 22.4 Å². The molecule has 0 radical (unpaired) electrons. The van der Waals surface area contributed by atoms with Crippen LogP contribution in [0.25, 0.3) is 11.0 Å². The molecule has 1 aliphatic heterocycles. The average Bonchev–Trinajstić information content (AvgIpc) is 2.66. The van der Waals surface area contributed by atoms with Gasteiger partial charge in [0.15, 0.2) is 0 Å². The summed E-state index contributed by atoms with van der Waals surface area (Å²) >= 11 is 0. The zero-order valence-corrected chi connectivity index (χ0v) is 9.18. The van der Waals surface area contributed by atoms with Crippen molar-refractivity contribution in [1.82, 2.24) is 15.3 Å². The molecule has 1 N–H and O–H groups in total. The molecule has 2 bridgehead atoms. The molecule has 2 atom stereocenters. The second-order valence-electron chi connectivity index (χ2n) is 4.76. The fraction of sp³-hybridized carbons (Fsp3) is 0.308. The Bertz CT molecular complexity index is 638. The van der Waals surface area contributed by atoms with E-state index >= 15 is 0 Å². The number of hydrogen-bond donors (Lipinski definition) is 1. The molecule has 1 aromatic carbocycles. The zero-order valence-electron chi connectivity index (χ0n) is 9.18. The van der Waals surface area contributed by atoms with Gasteiger partial charge in [-0.2, -0.15) is 0 Å². The quantitative estimate of drug-likeness (QED) is 0.736. The Hall–Kier alpha value is -1.97. The van der Waals surface area contributed by atoms with Crippen molar-refractivity contribution in [3.05, 3.63) is 35.7 Å². The minimum atomic E-state index is 0.0233. The number of rotatable bonds is 0. The molecule has 0 spiro atoms. The highest BCUT2D eigenvalue weighted by molar-refractivity contribution is 5.89. The molecule has 1 fully saturated rings. The number of benzene rings is 1. The lowest BCUT2D eigenvalue weighted by atomic mass is 9.97. The molecule has 0 unspecified atom stereocenters. The first-order valence-electron chi connectivity index (χ1n) is 5.85. The number of carbonyl (C=O) groups is 1. The van der Waals surface area contributed by atoms with Gasteiger partial charge in [0.2, 0.25) is 5.91 Å². The van der Waals surface area contributed by atoms with E-state index in [-0.39, 0.29) is 11.8 Å². The number of nitrogens with zero attached hydrogens (tertiary/aromatic N) is 2. The minimum Gasteiger partial charge on any atom is -0.355 e. The Morgan fingerprint density at radius 1 is 1.12 bits per heavy atom. The van der Waals surface area contributed by atoms with Gasteiger partial charge in [0.1, 0.15) is 0 Å². The van der Waals surface area contributed by atoms with E-state index in [2.05, 4.69) is 21.4 Å². The maximum absolute atomic E-state index is 11.8. The maximum atomic E-state index is 11.8. The summed E-state index contributed by atoms with van der Waals surface area (Å²) in [4.78, 5) is 20.4. The van der Waals surface area contributed by atoms with E-state index in [0.29, 0.717) is 5.92 Å². The van der Waals surface area contributed by atoms with Crippen molar-refractivity contribution >= 4 is 16.9 Å². The van der Waals surface area contributed by atoms with E-state index in [9.17, 15) is 4.79 Å². The molecule has 1 aromatic heterocycles. The Balaban J connectivity index is 2.02. The molecular weight excluding hydrogens is 214 g/mol. The summed E-state index contributed by atoms with van der Waals surface area (Å²) in [6, 6.07) is 4.13. The molecule has 1 aliphatic carbocycles. The molecule has 0 saturated carbocycles. The maximum Gasteiger partial charge on any atom is 0.227 e. The monoisotopic (exact) mass is 225 g/mol. The van der Waals surface area contributed by atoms with E-state index in [0.717, 1.165) is 29.6 Å². The van der Waals surface area contributed by atoms with Gasteiger partial charge in [0, 0.05) is 24.9 Å². The Morgan fingerprint density at radius 3 is 2.59 bits per heavy atom. The number of carbonyl (C=O) groups excluding carboxylic acids is 1. The number of amides is 1. The standard InChI is InChI=1S/C13H11N3O/c17-13-10-3-7(6-16-13)8-4-11-12(5-9(8)10)15-2-1-14-11/h1-2,4-5,7,10H,3,6H2,(H,16,17)/t7-,10-/m0/s1. The van der Waals surface area contributed by atoms with Crippen LogP contribution in [0.4, 0.5) is 0 Å². The number of piperidine rings is 1. The van der Waals surface area contributed by atoms with Crippen LogP contribution in [0.2, 0.25) is 0 Å². The summed E-state index contributed by atoms with van der Waals surface area (Å²) in [6.45, 7) is 0.758. The first-order valence-corrected chi connectivity index (χ1v) is 5.85. The number of fused-ring (bicyclic) bond motifs is 6. The fourth-order valence-electron chi connectivity index (χ4n) is 3.03. The average molecular weight is 225 g/mol. The zero-order chi connectivity index (χ0) is 11.4. The molecule has 84 valence electrons. The van der Waals surface area contributed by atoms with Crippen molar-refractivity contribution < 1.29 is 4.79 Å². The van der Waals surface area contributed by atoms with Gasteiger partial charge in [-0.1, -0.05) is 0 Å². The third-order valence-corrected chi connectivity index (χ3v) is 3.85. The van der Waals surface area contributed by atoms with Gasteiger partial charge >= 0.3 is 0 Å². The Kier molecular flexibility index (Phi) is 1.62. The molecule has 4 rings (SSSR count). The highest BCUT2D eigenvalue weighted by Crippen LogP contribution is 2.44. The van der Waals surface area contributed by atoms with E-state index < -0.39 is 0 Å². The van der Waals surface area contributed by atoms with Crippen LogP contribution in [0, 0.1) is 0 Å². The summed E-state index contributed by atoms with van der Waals surface area (Å²) in [6.07, 6.45) is 4.34. The molecule has 1 amide bonds. The lowest BCUT2D eigenvalue weighted by Gasteiger charge is -2.19. The van der Waals surface area contributed by atoms with Crippen LogP contribution in [0.3, 0.4) is 0 Å². The van der Waals surface area contributed by atoms with E-state index in [1.165, 1.54) is 5.56 Å². The minimum absolute atomic E-state index is 0.0233. The SMILES string of the molecule is O=C1NC[C@@H]2C[C@H]1c1cc3nccnc3cc12. The normalized spacial score (nSPS) is 25.8. The Labute approximate surface area is 98.1 Å². The third-order valence-electron chi connectivity index (χ3n) is 3.85. The van der Waals surface area contributed by atoms with Gasteiger partial charge in [-0.05, 0) is 29.7 Å². The fourth-order valence-corrected chi connectivity index (χ4v) is 3.03. The predicted molar refractivity (Wildman–Crippen MR) is 62.6 cm³/mol. The van der Waals surface area contributed by atoms with E-state index in [1.54, 1.807) is 12.4 Å². The van der Waals surface area contributed by atoms with E-state index in [4.69, 9.17) is 0 Å². The lowest BCUT2D eigenvalue weighted by Crippen LogP contribution is -2.34. The number of aromatic nitrogens is 2. The topological polar surface area (TPSA) is 54.9 Å². The third kappa shape index (κ3) is 1.15. The highest BCUT2D eigenvalue weighted by atomic mass is 16.2. The summed E-state index contributed by atoms with van der Waals surface area (Å²) in [7, 11) is 0. The van der Waals surface area contributed by atoms with Crippen molar-refractivity contribution in [2.75, 3.05) is 6.54 Å². The van der Waals surface area contributed by atoms with Gasteiger partial charge in [0.05, 0.1) is 17.0 Å². The van der Waals surface area contributed by atoms with Gasteiger partial charge in [-0.25, -0.2) is 0 Å². The summed E-state index contributed by atoms with van der Waals surface area (Å²) in [5.41, 5.74) is 4.23. The Morgan fingerprint density at radius 2 is 1.82 bits per heavy atom. The van der Waals surface area contributed by atoms with Crippen LogP contribution >= 0.6 is 0 Å². The molecular formula is C13H11N3O. The van der Waals surface area contributed by atoms with Crippen LogP contribution in [0.5, 0.6) is 0 Å². The number of nitrogens with one attached hydrogen (secondary N) is 1. The van der Waals surface area contributed by atoms with Crippen LogP contribution in [0.15, 0.2) is 24.5 Å². The summed E-state index contributed by atoms with van der Waals surface area (Å²) in [5.74, 6) is 0.637. The molecule has 4 heteroatoms. The van der Waals surface area contributed by atoms with Crippen molar-refractivity contribution in [2.45, 2.75) is 18.3 Å². The second-order valence-corrected chi connectivity index (χ2v) is 4.76. The molecule has 1 saturated heterocycles. The first kappa shape index (κ1) is 9.10. The summed E-state index contributed by atoms with van der Waals surface area (Å²) in [5, 5.41) is 2.97. The molecule has 2 aromatic rings. The van der Waals surface area contributed by atoms with Gasteiger partial charge in [0.25, 0.3) is 0 Å². The summed E-state index contributed by atoms with van der Waals surface area (Å²) < 4.78 is 0. The van der Waals surface area contributed by atoms with Crippen molar-refractivity contribution in [3.63, 3.8) is 0 Å². The van der Waals surface area contributed by atoms with Crippen molar-refractivity contribution in [1.29, 1.82) is 0 Å². The largest absolute Gasteiger partial charge is 0.355 e. The van der Waals surface area contributed by atoms with Gasteiger partial charge < -0.3 is 5.32 Å². The molecule has 4 nitrogen and oxygen atoms in total. The smallest absolute Gasteiger partial charge is 0.227 e. The molecule has 17 heavy (non-hydrogen) atoms. The van der Waals surface area contributed by atoms with Crippen LogP contribution in [0.1, 0.15) is 29.4 Å². The molecule has 2 aliphatic rings. The second kappa shape index (κ2) is 3.03. The van der Waals surface area contributed by atoms with E-state index in [1.807, 2.05) is 6.07 Å². The first-order chi connectivity index (χ1) is 8.33. The van der Waals surface area contributed by atoms with Crippen molar-refractivity contribution in [3.8, 4) is 0 Å². The molecule has 2 heterocycles.